The van der Waals surface area contributed by atoms with Gasteiger partial charge in [0.1, 0.15) is 11.2 Å². The number of ether oxygens (including phenoxy) is 1. The summed E-state index contributed by atoms with van der Waals surface area (Å²) >= 11 is 0. The van der Waals surface area contributed by atoms with Crippen molar-refractivity contribution in [3.05, 3.63) is 34.9 Å². The molecule has 0 N–H and O–H groups in total. The van der Waals surface area contributed by atoms with Crippen LogP contribution in [0.2, 0.25) is 0 Å². The van der Waals surface area contributed by atoms with Gasteiger partial charge < -0.3 is 4.74 Å². The molecule has 3 nitrogen and oxygen atoms in total. The number of esters is 1. The van der Waals surface area contributed by atoms with E-state index in [-0.39, 0.29) is 22.6 Å². The molecule has 0 bridgehead atoms. The molecule has 1 aliphatic rings. The Balaban J connectivity index is 2.37. The molecule has 0 heterocycles. The topological polar surface area (TPSA) is 43.4 Å². The molecule has 0 saturated heterocycles. The zero-order chi connectivity index (χ0) is 19.8. The van der Waals surface area contributed by atoms with Gasteiger partial charge in [-0.3, -0.25) is 9.59 Å². The third kappa shape index (κ3) is 4.02. The van der Waals surface area contributed by atoms with Gasteiger partial charge in [0.05, 0.1) is 7.11 Å². The van der Waals surface area contributed by atoms with Gasteiger partial charge in [-0.2, -0.15) is 0 Å². The number of benzene rings is 1. The van der Waals surface area contributed by atoms with Crippen LogP contribution in [0.25, 0.3) is 0 Å². The summed E-state index contributed by atoms with van der Waals surface area (Å²) in [5, 5.41) is 0. The van der Waals surface area contributed by atoms with Crippen LogP contribution in [-0.4, -0.2) is 18.9 Å². The van der Waals surface area contributed by atoms with Crippen molar-refractivity contribution in [2.45, 2.75) is 84.5 Å². The van der Waals surface area contributed by atoms with Crippen LogP contribution < -0.4 is 0 Å². The van der Waals surface area contributed by atoms with Crippen LogP contribution in [0, 0.1) is 5.41 Å². The molecule has 1 atom stereocenters. The molecule has 3 heteroatoms. The molecular weight excluding hydrogens is 324 g/mol. The summed E-state index contributed by atoms with van der Waals surface area (Å²) in [7, 11) is 1.38. The molecule has 1 aromatic rings. The summed E-state index contributed by atoms with van der Waals surface area (Å²) in [4.78, 5) is 24.9. The molecule has 1 fully saturated rings. The van der Waals surface area contributed by atoms with Crippen molar-refractivity contribution in [3.63, 3.8) is 0 Å². The number of hydrogen-bond donors (Lipinski definition) is 0. The molecular formula is C23H34O3. The quantitative estimate of drug-likeness (QED) is 0.554. The van der Waals surface area contributed by atoms with E-state index >= 15 is 0 Å². The van der Waals surface area contributed by atoms with Crippen molar-refractivity contribution in [1.29, 1.82) is 0 Å². The standard InChI is InChI=1S/C23H34O3/c1-21(2,3)17-11-10-16(18(15-17)22(4,5)6)12-14-23(20(25)26-7)13-8-9-19(23)24/h10-11,15H,8-9,12-14H2,1-7H3. The minimum absolute atomic E-state index is 0.00864. The Morgan fingerprint density at radius 3 is 2.23 bits per heavy atom. The first kappa shape index (κ1) is 20.7. The Hall–Kier alpha value is -1.64. The van der Waals surface area contributed by atoms with Gasteiger partial charge in [-0.15, -0.1) is 0 Å². The number of carbonyl (C=O) groups is 2. The number of carbonyl (C=O) groups excluding carboxylic acids is 2. The van der Waals surface area contributed by atoms with Crippen molar-refractivity contribution < 1.29 is 14.3 Å². The van der Waals surface area contributed by atoms with Crippen LogP contribution in [0.1, 0.15) is 83.9 Å². The van der Waals surface area contributed by atoms with E-state index in [0.717, 1.165) is 12.8 Å². The van der Waals surface area contributed by atoms with Gasteiger partial charge in [-0.1, -0.05) is 59.7 Å². The average molecular weight is 359 g/mol. The Kier molecular flexibility index (Phi) is 5.70. The van der Waals surface area contributed by atoms with Crippen LogP contribution >= 0.6 is 0 Å². The fraction of sp³-hybridized carbons (Fsp3) is 0.652. The van der Waals surface area contributed by atoms with E-state index < -0.39 is 5.41 Å². The number of aryl methyl sites for hydroxylation is 1. The molecule has 1 aliphatic carbocycles. The highest BCUT2D eigenvalue weighted by Gasteiger charge is 2.49. The summed E-state index contributed by atoms with van der Waals surface area (Å²) in [5.74, 6) is -0.309. The van der Waals surface area contributed by atoms with E-state index in [0.29, 0.717) is 19.3 Å². The third-order valence-electron chi connectivity index (χ3n) is 5.72. The van der Waals surface area contributed by atoms with Crippen molar-refractivity contribution in [3.8, 4) is 0 Å². The SMILES string of the molecule is COC(=O)C1(CCc2ccc(C(C)(C)C)cc2C(C)(C)C)CCCC1=O. The van der Waals surface area contributed by atoms with Crippen molar-refractivity contribution in [2.24, 2.45) is 5.41 Å². The number of hydrogen-bond acceptors (Lipinski definition) is 3. The van der Waals surface area contributed by atoms with Gasteiger partial charge in [0.25, 0.3) is 0 Å². The monoisotopic (exact) mass is 358 g/mol. The number of rotatable bonds is 4. The minimum atomic E-state index is -0.938. The molecule has 1 unspecified atom stereocenters. The lowest BCUT2D eigenvalue weighted by Crippen LogP contribution is -2.37. The van der Waals surface area contributed by atoms with Gasteiger partial charge in [-0.05, 0) is 53.2 Å². The second-order valence-electron chi connectivity index (χ2n) is 9.72. The van der Waals surface area contributed by atoms with Crippen molar-refractivity contribution in [1.82, 2.24) is 0 Å². The zero-order valence-corrected chi connectivity index (χ0v) is 17.5. The van der Waals surface area contributed by atoms with Crippen LogP contribution in [-0.2, 0) is 31.6 Å². The maximum atomic E-state index is 12.5. The normalized spacial score (nSPS) is 21.1. The Bertz CT molecular complexity index is 688. The molecule has 0 aliphatic heterocycles. The molecule has 0 spiro atoms. The van der Waals surface area contributed by atoms with Crippen LogP contribution in [0.5, 0.6) is 0 Å². The Labute approximate surface area is 158 Å². The number of methoxy groups -OCH3 is 1. The highest BCUT2D eigenvalue weighted by Crippen LogP contribution is 2.41. The molecule has 0 radical (unpaired) electrons. The zero-order valence-electron chi connectivity index (χ0n) is 17.5. The van der Waals surface area contributed by atoms with E-state index in [2.05, 4.69) is 59.7 Å². The van der Waals surface area contributed by atoms with Crippen LogP contribution in [0.15, 0.2) is 18.2 Å². The van der Waals surface area contributed by atoms with Gasteiger partial charge in [0.2, 0.25) is 0 Å². The minimum Gasteiger partial charge on any atom is -0.468 e. The van der Waals surface area contributed by atoms with Gasteiger partial charge in [0.15, 0.2) is 0 Å². The summed E-state index contributed by atoms with van der Waals surface area (Å²) in [5.41, 5.74) is 3.00. The first-order valence-corrected chi connectivity index (χ1v) is 9.67. The summed E-state index contributed by atoms with van der Waals surface area (Å²) in [6.45, 7) is 13.3. The highest BCUT2D eigenvalue weighted by atomic mass is 16.5. The van der Waals surface area contributed by atoms with Crippen LogP contribution in [0.3, 0.4) is 0 Å². The van der Waals surface area contributed by atoms with Crippen LogP contribution in [0.4, 0.5) is 0 Å². The van der Waals surface area contributed by atoms with E-state index in [9.17, 15) is 9.59 Å². The molecule has 1 aromatic carbocycles. The largest absolute Gasteiger partial charge is 0.468 e. The Morgan fingerprint density at radius 1 is 1.12 bits per heavy atom. The summed E-state index contributed by atoms with van der Waals surface area (Å²) < 4.78 is 5.00. The second kappa shape index (κ2) is 7.17. The maximum Gasteiger partial charge on any atom is 0.319 e. The smallest absolute Gasteiger partial charge is 0.319 e. The average Bonchev–Trinajstić information content (AvgIpc) is 2.92. The van der Waals surface area contributed by atoms with Gasteiger partial charge in [-0.25, -0.2) is 0 Å². The molecule has 0 amide bonds. The first-order chi connectivity index (χ1) is 11.9. The van der Waals surface area contributed by atoms with E-state index in [1.54, 1.807) is 0 Å². The summed E-state index contributed by atoms with van der Waals surface area (Å²) in [6, 6.07) is 6.67. The van der Waals surface area contributed by atoms with E-state index in [4.69, 9.17) is 4.74 Å². The van der Waals surface area contributed by atoms with Crippen molar-refractivity contribution in [2.75, 3.05) is 7.11 Å². The third-order valence-corrected chi connectivity index (χ3v) is 5.72. The number of Topliss-reactive ketones (excluding diaryl/α,β-unsaturated/α-hetero) is 1. The van der Waals surface area contributed by atoms with Gasteiger partial charge >= 0.3 is 5.97 Å². The molecule has 0 aromatic heterocycles. The van der Waals surface area contributed by atoms with Crippen molar-refractivity contribution >= 4 is 11.8 Å². The predicted octanol–water partition coefficient (Wildman–Crippen LogP) is 5.13. The fourth-order valence-corrected chi connectivity index (χ4v) is 4.01. The number of ketones is 1. The first-order valence-electron chi connectivity index (χ1n) is 9.67. The highest BCUT2D eigenvalue weighted by molar-refractivity contribution is 6.05. The molecule has 144 valence electrons. The Morgan fingerprint density at radius 2 is 1.77 bits per heavy atom. The fourth-order valence-electron chi connectivity index (χ4n) is 4.01. The second-order valence-corrected chi connectivity index (χ2v) is 9.72. The summed E-state index contributed by atoms with van der Waals surface area (Å²) in [6.07, 6.45) is 3.14. The maximum absolute atomic E-state index is 12.5. The molecule has 2 rings (SSSR count). The van der Waals surface area contributed by atoms with E-state index in [1.807, 2.05) is 0 Å². The lowest BCUT2D eigenvalue weighted by Gasteiger charge is -2.29. The lowest BCUT2D eigenvalue weighted by atomic mass is 9.75. The lowest BCUT2D eigenvalue weighted by molar-refractivity contribution is -0.157. The molecule has 26 heavy (non-hydrogen) atoms. The predicted molar refractivity (Wildman–Crippen MR) is 105 cm³/mol. The molecule has 1 saturated carbocycles. The van der Waals surface area contributed by atoms with E-state index in [1.165, 1.54) is 23.8 Å². The van der Waals surface area contributed by atoms with Gasteiger partial charge in [0, 0.05) is 6.42 Å².